The van der Waals surface area contributed by atoms with Gasteiger partial charge in [0.15, 0.2) is 0 Å². The Morgan fingerprint density at radius 3 is 2.25 bits per heavy atom. The summed E-state index contributed by atoms with van der Waals surface area (Å²) in [6.07, 6.45) is 0. The van der Waals surface area contributed by atoms with Crippen molar-refractivity contribution in [3.63, 3.8) is 0 Å². The monoisotopic (exact) mass is 434 g/mol. The second-order valence-corrected chi connectivity index (χ2v) is 8.85. The van der Waals surface area contributed by atoms with E-state index in [1.54, 1.807) is 43.1 Å². The van der Waals surface area contributed by atoms with Crippen LogP contribution in [0.15, 0.2) is 54.6 Å². The number of likely N-dealkylation sites (N-methyl/N-ethyl adjacent to an activating group) is 1. The van der Waals surface area contributed by atoms with Gasteiger partial charge in [0.25, 0.3) is 5.91 Å². The zero-order chi connectivity index (χ0) is 23.5. The molecule has 0 unspecified atom stereocenters. The lowest BCUT2D eigenvalue weighted by Gasteiger charge is -2.17. The van der Waals surface area contributed by atoms with E-state index in [0.29, 0.717) is 17.1 Å². The molecule has 168 valence electrons. The van der Waals surface area contributed by atoms with Gasteiger partial charge in [0.1, 0.15) is 11.6 Å². The molecule has 0 saturated heterocycles. The maximum Gasteiger partial charge on any atom is 0.254 e. The third-order valence-corrected chi connectivity index (χ3v) is 5.09. The van der Waals surface area contributed by atoms with E-state index in [4.69, 9.17) is 9.84 Å². The third kappa shape index (κ3) is 5.35. The van der Waals surface area contributed by atoms with Gasteiger partial charge in [-0.2, -0.15) is 5.10 Å². The highest BCUT2D eigenvalue weighted by Crippen LogP contribution is 2.26. The summed E-state index contributed by atoms with van der Waals surface area (Å²) < 4.78 is 6.85. The first-order valence-electron chi connectivity index (χ1n) is 10.5. The first-order chi connectivity index (χ1) is 15.1. The molecule has 1 N–H and O–H groups in total. The minimum atomic E-state index is -0.303. The van der Waals surface area contributed by atoms with Crippen LogP contribution in [0, 0.1) is 6.92 Å². The molecular formula is C25H30N4O3. The Bertz CT molecular complexity index is 1090. The normalized spacial score (nSPS) is 11.2. The summed E-state index contributed by atoms with van der Waals surface area (Å²) in [6, 6.07) is 16.6. The highest BCUT2D eigenvalue weighted by atomic mass is 16.5. The van der Waals surface area contributed by atoms with Gasteiger partial charge in [0.05, 0.1) is 25.0 Å². The van der Waals surface area contributed by atoms with Crippen molar-refractivity contribution in [1.29, 1.82) is 0 Å². The number of aromatic nitrogens is 2. The van der Waals surface area contributed by atoms with Crippen LogP contribution < -0.4 is 10.1 Å². The lowest BCUT2D eigenvalue weighted by Crippen LogP contribution is -2.35. The van der Waals surface area contributed by atoms with E-state index in [1.165, 1.54) is 4.90 Å². The first-order valence-corrected chi connectivity index (χ1v) is 10.5. The van der Waals surface area contributed by atoms with Crippen LogP contribution in [0.5, 0.6) is 5.75 Å². The molecule has 1 heterocycles. The van der Waals surface area contributed by atoms with Gasteiger partial charge in [-0.1, -0.05) is 38.5 Å². The average molecular weight is 435 g/mol. The number of benzene rings is 2. The van der Waals surface area contributed by atoms with Crippen LogP contribution in [-0.2, 0) is 10.2 Å². The van der Waals surface area contributed by atoms with Gasteiger partial charge in [0.2, 0.25) is 5.91 Å². The van der Waals surface area contributed by atoms with Crippen LogP contribution in [0.2, 0.25) is 0 Å². The Labute approximate surface area is 189 Å². The number of ether oxygens (including phenoxy) is 1. The van der Waals surface area contributed by atoms with E-state index >= 15 is 0 Å². The number of anilines is 1. The highest BCUT2D eigenvalue weighted by Gasteiger charge is 2.22. The lowest BCUT2D eigenvalue weighted by molar-refractivity contribution is -0.116. The maximum absolute atomic E-state index is 12.8. The van der Waals surface area contributed by atoms with Crippen molar-refractivity contribution >= 4 is 17.6 Å². The van der Waals surface area contributed by atoms with Crippen molar-refractivity contribution in [3.05, 3.63) is 71.4 Å². The SMILES string of the molecule is COc1ccc(C(=O)N(C)CC(=O)Nc2cc(C(C)(C)C)nn2-c2ccc(C)cc2)cc1. The first kappa shape index (κ1) is 23.1. The maximum atomic E-state index is 12.8. The van der Waals surface area contributed by atoms with Gasteiger partial charge in [-0.3, -0.25) is 9.59 Å². The molecule has 0 saturated carbocycles. The predicted octanol–water partition coefficient (Wildman–Crippen LogP) is 4.20. The summed E-state index contributed by atoms with van der Waals surface area (Å²) in [5.41, 5.74) is 3.15. The smallest absolute Gasteiger partial charge is 0.254 e. The average Bonchev–Trinajstić information content (AvgIpc) is 3.18. The fourth-order valence-corrected chi connectivity index (χ4v) is 3.14. The third-order valence-electron chi connectivity index (χ3n) is 5.09. The molecule has 0 aliphatic heterocycles. The van der Waals surface area contributed by atoms with Crippen LogP contribution in [0.1, 0.15) is 42.4 Å². The molecule has 0 radical (unpaired) electrons. The zero-order valence-corrected chi connectivity index (χ0v) is 19.5. The lowest BCUT2D eigenvalue weighted by atomic mass is 9.92. The van der Waals surface area contributed by atoms with E-state index in [-0.39, 0.29) is 23.8 Å². The van der Waals surface area contributed by atoms with Crippen molar-refractivity contribution < 1.29 is 14.3 Å². The van der Waals surface area contributed by atoms with Crippen LogP contribution in [-0.4, -0.2) is 47.2 Å². The molecule has 3 rings (SSSR count). The topological polar surface area (TPSA) is 76.5 Å². The Balaban J connectivity index is 1.77. The number of carbonyl (C=O) groups is 2. The molecule has 0 atom stereocenters. The minimum absolute atomic E-state index is 0.0885. The van der Waals surface area contributed by atoms with Gasteiger partial charge in [-0.25, -0.2) is 4.68 Å². The summed E-state index contributed by atoms with van der Waals surface area (Å²) in [7, 11) is 3.17. The van der Waals surface area contributed by atoms with E-state index in [9.17, 15) is 9.59 Å². The highest BCUT2D eigenvalue weighted by molar-refractivity contribution is 5.99. The van der Waals surface area contributed by atoms with E-state index < -0.39 is 0 Å². The molecular weight excluding hydrogens is 404 g/mol. The Morgan fingerprint density at radius 1 is 1.06 bits per heavy atom. The van der Waals surface area contributed by atoms with Gasteiger partial charge >= 0.3 is 0 Å². The number of aryl methyl sites for hydroxylation is 1. The molecule has 7 nitrogen and oxygen atoms in total. The van der Waals surface area contributed by atoms with Crippen molar-refractivity contribution in [2.24, 2.45) is 0 Å². The van der Waals surface area contributed by atoms with Crippen LogP contribution in [0.25, 0.3) is 5.69 Å². The van der Waals surface area contributed by atoms with Crippen LogP contribution in [0.4, 0.5) is 5.82 Å². The summed E-state index contributed by atoms with van der Waals surface area (Å²) >= 11 is 0. The Kier molecular flexibility index (Phi) is 6.67. The number of carbonyl (C=O) groups excluding carboxylic acids is 2. The number of hydrogen-bond donors (Lipinski definition) is 1. The molecule has 2 aromatic carbocycles. The quantitative estimate of drug-likeness (QED) is 0.631. The standard InChI is InChI=1S/C25H30N4O3/c1-17-7-11-19(12-8-17)29-22(15-21(27-29)25(2,3)4)26-23(30)16-28(5)24(31)18-9-13-20(32-6)14-10-18/h7-15H,16H2,1-6H3,(H,26,30). The largest absolute Gasteiger partial charge is 0.497 e. The fourth-order valence-electron chi connectivity index (χ4n) is 3.14. The summed E-state index contributed by atoms with van der Waals surface area (Å²) in [6.45, 7) is 8.14. The molecule has 2 amide bonds. The number of methoxy groups -OCH3 is 1. The molecule has 0 aliphatic rings. The van der Waals surface area contributed by atoms with Crippen LogP contribution >= 0.6 is 0 Å². The molecule has 1 aromatic heterocycles. The van der Waals surface area contributed by atoms with Crippen molar-refractivity contribution in [3.8, 4) is 11.4 Å². The number of nitrogens with zero attached hydrogens (tertiary/aromatic N) is 3. The number of rotatable bonds is 6. The summed E-state index contributed by atoms with van der Waals surface area (Å²) in [4.78, 5) is 26.8. The molecule has 7 heteroatoms. The number of nitrogens with one attached hydrogen (secondary N) is 1. The van der Waals surface area contributed by atoms with Gasteiger partial charge in [0, 0.05) is 24.1 Å². The van der Waals surface area contributed by atoms with Crippen molar-refractivity contribution in [2.45, 2.75) is 33.1 Å². The zero-order valence-electron chi connectivity index (χ0n) is 19.5. The second-order valence-electron chi connectivity index (χ2n) is 8.85. The molecule has 3 aromatic rings. The molecule has 32 heavy (non-hydrogen) atoms. The van der Waals surface area contributed by atoms with Gasteiger partial charge in [-0.05, 0) is 43.3 Å². The van der Waals surface area contributed by atoms with Crippen molar-refractivity contribution in [2.75, 3.05) is 26.0 Å². The van der Waals surface area contributed by atoms with Crippen LogP contribution in [0.3, 0.4) is 0 Å². The molecule has 0 fully saturated rings. The summed E-state index contributed by atoms with van der Waals surface area (Å²) in [5, 5.41) is 7.64. The Morgan fingerprint density at radius 2 is 1.69 bits per heavy atom. The fraction of sp³-hybridized carbons (Fsp3) is 0.320. The van der Waals surface area contributed by atoms with E-state index in [1.807, 2.05) is 37.3 Å². The summed E-state index contributed by atoms with van der Waals surface area (Å²) in [5.74, 6) is 0.684. The van der Waals surface area contributed by atoms with E-state index in [2.05, 4.69) is 26.1 Å². The molecule has 0 aliphatic carbocycles. The molecule has 0 spiro atoms. The number of amides is 2. The van der Waals surface area contributed by atoms with Gasteiger partial charge in [-0.15, -0.1) is 0 Å². The second kappa shape index (κ2) is 9.26. The van der Waals surface area contributed by atoms with Crippen molar-refractivity contribution in [1.82, 2.24) is 14.7 Å². The Hall–Kier alpha value is -3.61. The minimum Gasteiger partial charge on any atom is -0.497 e. The number of hydrogen-bond acceptors (Lipinski definition) is 4. The van der Waals surface area contributed by atoms with E-state index in [0.717, 1.165) is 16.9 Å². The predicted molar refractivity (Wildman–Crippen MR) is 126 cm³/mol. The molecule has 0 bridgehead atoms. The van der Waals surface area contributed by atoms with Gasteiger partial charge < -0.3 is 15.0 Å².